The minimum Gasteiger partial charge on any atom is -0.342 e. The van der Waals surface area contributed by atoms with Crippen molar-refractivity contribution in [3.8, 4) is 0 Å². The first-order valence-corrected chi connectivity index (χ1v) is 7.65. The van der Waals surface area contributed by atoms with Crippen LogP contribution in [-0.4, -0.2) is 31.2 Å². The Morgan fingerprint density at radius 2 is 2.06 bits per heavy atom. The van der Waals surface area contributed by atoms with Crippen molar-refractivity contribution in [1.29, 1.82) is 0 Å². The maximum atomic E-state index is 11.0. The molecule has 0 aliphatic heterocycles. The third-order valence-electron chi connectivity index (χ3n) is 2.95. The molecule has 2 rings (SSSR count). The molecule has 0 amide bonds. The molecule has 2 N–H and O–H groups in total. The Hall–Kier alpha value is -1.40. The van der Waals surface area contributed by atoms with Gasteiger partial charge in [-0.05, 0) is 31.0 Å². The standard InChI is InChI=1S/C12H17N3O2S/c1-8-4-5-10-12(9(8)2)15-11(14-10)6-7-13-18(3,16)17/h4-5,13H,6-7H2,1-3H3,(H,14,15). The van der Waals surface area contributed by atoms with Crippen molar-refractivity contribution >= 4 is 21.1 Å². The quantitative estimate of drug-likeness (QED) is 0.876. The van der Waals surface area contributed by atoms with E-state index < -0.39 is 10.0 Å². The van der Waals surface area contributed by atoms with Gasteiger partial charge in [-0.2, -0.15) is 0 Å². The van der Waals surface area contributed by atoms with E-state index in [9.17, 15) is 8.42 Å². The molecule has 0 aliphatic rings. The highest BCUT2D eigenvalue weighted by molar-refractivity contribution is 7.88. The highest BCUT2D eigenvalue weighted by atomic mass is 32.2. The summed E-state index contributed by atoms with van der Waals surface area (Å²) in [4.78, 5) is 7.71. The first-order valence-electron chi connectivity index (χ1n) is 5.76. The van der Waals surface area contributed by atoms with Crippen molar-refractivity contribution < 1.29 is 8.42 Å². The number of nitrogens with one attached hydrogen (secondary N) is 2. The number of benzene rings is 1. The number of hydrogen-bond donors (Lipinski definition) is 2. The summed E-state index contributed by atoms with van der Waals surface area (Å²) >= 11 is 0. The van der Waals surface area contributed by atoms with Gasteiger partial charge in [0.05, 0.1) is 17.3 Å². The second kappa shape index (κ2) is 4.70. The molecule has 1 aromatic carbocycles. The monoisotopic (exact) mass is 267 g/mol. The average Bonchev–Trinajstić information content (AvgIpc) is 2.66. The molecular weight excluding hydrogens is 250 g/mol. The van der Waals surface area contributed by atoms with Crippen LogP contribution in [0, 0.1) is 13.8 Å². The van der Waals surface area contributed by atoms with Gasteiger partial charge in [-0.15, -0.1) is 0 Å². The minimum atomic E-state index is -3.13. The van der Waals surface area contributed by atoms with Crippen LogP contribution in [0.4, 0.5) is 0 Å². The normalized spacial score (nSPS) is 12.2. The molecular formula is C12H17N3O2S. The van der Waals surface area contributed by atoms with Crippen LogP contribution >= 0.6 is 0 Å². The van der Waals surface area contributed by atoms with E-state index in [2.05, 4.69) is 14.7 Å². The van der Waals surface area contributed by atoms with E-state index in [1.807, 2.05) is 26.0 Å². The van der Waals surface area contributed by atoms with Crippen molar-refractivity contribution in [3.63, 3.8) is 0 Å². The lowest BCUT2D eigenvalue weighted by atomic mass is 10.1. The van der Waals surface area contributed by atoms with Crippen LogP contribution in [0.5, 0.6) is 0 Å². The van der Waals surface area contributed by atoms with E-state index in [-0.39, 0.29) is 0 Å². The number of sulfonamides is 1. The van der Waals surface area contributed by atoms with Crippen LogP contribution in [-0.2, 0) is 16.4 Å². The zero-order valence-electron chi connectivity index (χ0n) is 10.7. The highest BCUT2D eigenvalue weighted by Gasteiger charge is 2.07. The van der Waals surface area contributed by atoms with E-state index in [0.717, 1.165) is 28.7 Å². The molecule has 1 heterocycles. The summed E-state index contributed by atoms with van der Waals surface area (Å²) in [6.07, 6.45) is 1.71. The molecule has 1 aromatic heterocycles. The summed E-state index contributed by atoms with van der Waals surface area (Å²) in [6.45, 7) is 4.45. The van der Waals surface area contributed by atoms with Gasteiger partial charge in [0.2, 0.25) is 10.0 Å². The molecule has 6 heteroatoms. The van der Waals surface area contributed by atoms with Crippen LogP contribution in [0.15, 0.2) is 12.1 Å². The predicted molar refractivity (Wildman–Crippen MR) is 72.1 cm³/mol. The number of H-pyrrole nitrogens is 1. The molecule has 0 spiro atoms. The molecule has 0 saturated carbocycles. The number of imidazole rings is 1. The molecule has 5 nitrogen and oxygen atoms in total. The van der Waals surface area contributed by atoms with Crippen molar-refractivity contribution in [2.24, 2.45) is 0 Å². The molecule has 0 atom stereocenters. The van der Waals surface area contributed by atoms with E-state index in [4.69, 9.17) is 0 Å². The summed E-state index contributed by atoms with van der Waals surface area (Å²) in [6, 6.07) is 4.05. The zero-order chi connectivity index (χ0) is 13.3. The van der Waals surface area contributed by atoms with Gasteiger partial charge in [-0.1, -0.05) is 6.07 Å². The van der Waals surface area contributed by atoms with Crippen molar-refractivity contribution in [2.75, 3.05) is 12.8 Å². The average molecular weight is 267 g/mol. The second-order valence-electron chi connectivity index (χ2n) is 4.50. The number of fused-ring (bicyclic) bond motifs is 1. The van der Waals surface area contributed by atoms with Gasteiger partial charge in [-0.25, -0.2) is 18.1 Å². The molecule has 0 bridgehead atoms. The van der Waals surface area contributed by atoms with Crippen LogP contribution in [0.2, 0.25) is 0 Å². The first-order chi connectivity index (χ1) is 8.37. The van der Waals surface area contributed by atoms with Crippen LogP contribution < -0.4 is 4.72 Å². The number of rotatable bonds is 4. The Labute approximate surface area is 107 Å². The van der Waals surface area contributed by atoms with Crippen molar-refractivity contribution in [2.45, 2.75) is 20.3 Å². The number of aromatic amines is 1. The number of aryl methyl sites for hydroxylation is 2. The molecule has 2 aromatic rings. The lowest BCUT2D eigenvalue weighted by Gasteiger charge is -1.99. The van der Waals surface area contributed by atoms with Gasteiger partial charge in [0, 0.05) is 13.0 Å². The van der Waals surface area contributed by atoms with E-state index in [1.165, 1.54) is 5.56 Å². The van der Waals surface area contributed by atoms with Crippen LogP contribution in [0.25, 0.3) is 11.0 Å². The highest BCUT2D eigenvalue weighted by Crippen LogP contribution is 2.19. The molecule has 18 heavy (non-hydrogen) atoms. The van der Waals surface area contributed by atoms with Crippen molar-refractivity contribution in [3.05, 3.63) is 29.1 Å². The lowest BCUT2D eigenvalue weighted by molar-refractivity contribution is 0.587. The Balaban J connectivity index is 2.18. The van der Waals surface area contributed by atoms with E-state index in [1.54, 1.807) is 0 Å². The zero-order valence-corrected chi connectivity index (χ0v) is 11.6. The van der Waals surface area contributed by atoms with Gasteiger partial charge in [-0.3, -0.25) is 0 Å². The molecule has 0 saturated heterocycles. The molecule has 0 unspecified atom stereocenters. The Kier molecular flexibility index (Phi) is 3.41. The van der Waals surface area contributed by atoms with E-state index in [0.29, 0.717) is 13.0 Å². The molecule has 0 fully saturated rings. The second-order valence-corrected chi connectivity index (χ2v) is 6.34. The van der Waals surface area contributed by atoms with Crippen LogP contribution in [0.1, 0.15) is 17.0 Å². The fourth-order valence-corrected chi connectivity index (χ4v) is 2.31. The number of hydrogen-bond acceptors (Lipinski definition) is 3. The summed E-state index contributed by atoms with van der Waals surface area (Å²) in [5, 5.41) is 0. The smallest absolute Gasteiger partial charge is 0.208 e. The van der Waals surface area contributed by atoms with E-state index >= 15 is 0 Å². The summed E-state index contributed by atoms with van der Waals surface area (Å²) in [5.41, 5.74) is 4.32. The third-order valence-corrected chi connectivity index (χ3v) is 3.68. The Morgan fingerprint density at radius 3 is 2.72 bits per heavy atom. The topological polar surface area (TPSA) is 74.8 Å². The third kappa shape index (κ3) is 2.88. The van der Waals surface area contributed by atoms with Gasteiger partial charge in [0.1, 0.15) is 5.82 Å². The maximum Gasteiger partial charge on any atom is 0.208 e. The molecule has 98 valence electrons. The number of aromatic nitrogens is 2. The fourth-order valence-electron chi connectivity index (χ4n) is 1.84. The number of nitrogens with zero attached hydrogens (tertiary/aromatic N) is 1. The maximum absolute atomic E-state index is 11.0. The Bertz CT molecular complexity index is 674. The summed E-state index contributed by atoms with van der Waals surface area (Å²) in [5.74, 6) is 0.801. The predicted octanol–water partition coefficient (Wildman–Crippen LogP) is 1.27. The van der Waals surface area contributed by atoms with Gasteiger partial charge in [0.15, 0.2) is 0 Å². The molecule has 0 aliphatic carbocycles. The van der Waals surface area contributed by atoms with Gasteiger partial charge >= 0.3 is 0 Å². The van der Waals surface area contributed by atoms with Gasteiger partial charge < -0.3 is 4.98 Å². The molecule has 0 radical (unpaired) electrons. The lowest BCUT2D eigenvalue weighted by Crippen LogP contribution is -2.24. The minimum absolute atomic E-state index is 0.358. The SMILES string of the molecule is Cc1ccc2[nH]c(CCNS(C)(=O)=O)nc2c1C. The summed E-state index contributed by atoms with van der Waals surface area (Å²) < 4.78 is 24.4. The Morgan fingerprint density at radius 1 is 1.33 bits per heavy atom. The first kappa shape index (κ1) is 13.0. The van der Waals surface area contributed by atoms with Crippen LogP contribution in [0.3, 0.4) is 0 Å². The van der Waals surface area contributed by atoms with Crippen molar-refractivity contribution in [1.82, 2.24) is 14.7 Å². The summed E-state index contributed by atoms with van der Waals surface area (Å²) in [7, 11) is -3.13. The van der Waals surface area contributed by atoms with Gasteiger partial charge in [0.25, 0.3) is 0 Å². The fraction of sp³-hybridized carbons (Fsp3) is 0.417. The largest absolute Gasteiger partial charge is 0.342 e.